The molecule has 0 spiro atoms. The summed E-state index contributed by atoms with van der Waals surface area (Å²) < 4.78 is 5.52. The fourth-order valence-corrected chi connectivity index (χ4v) is 4.63. The molecule has 1 fully saturated rings. The summed E-state index contributed by atoms with van der Waals surface area (Å²) in [6, 6.07) is 7.80. The van der Waals surface area contributed by atoms with Gasteiger partial charge < -0.3 is 4.74 Å². The van der Waals surface area contributed by atoms with Gasteiger partial charge in [-0.1, -0.05) is 62.9 Å². The predicted octanol–water partition coefficient (Wildman–Crippen LogP) is 5.76. The number of carbonyl (C=O) groups excluding carboxylic acids is 1. The van der Waals surface area contributed by atoms with Crippen LogP contribution >= 0.6 is 23.4 Å². The Bertz CT molecular complexity index is 512. The van der Waals surface area contributed by atoms with Gasteiger partial charge in [-0.05, 0) is 36.8 Å². The van der Waals surface area contributed by atoms with Crippen LogP contribution in [0.5, 0.6) is 0 Å². The molecular weight excluding hydrogens is 340 g/mol. The van der Waals surface area contributed by atoms with Crippen LogP contribution in [0.1, 0.15) is 51.5 Å². The van der Waals surface area contributed by atoms with Crippen molar-refractivity contribution in [2.45, 2.75) is 57.6 Å². The van der Waals surface area contributed by atoms with Crippen molar-refractivity contribution < 1.29 is 9.53 Å². The minimum absolute atomic E-state index is 0.0769. The van der Waals surface area contributed by atoms with E-state index in [4.69, 9.17) is 16.3 Å². The average Bonchev–Trinajstić information content (AvgIpc) is 2.59. The molecule has 1 aliphatic carbocycles. The Kier molecular flexibility index (Phi) is 8.48. The van der Waals surface area contributed by atoms with E-state index in [1.54, 1.807) is 0 Å². The van der Waals surface area contributed by atoms with Crippen molar-refractivity contribution >= 4 is 29.3 Å². The third-order valence-electron chi connectivity index (χ3n) is 4.40. The molecule has 0 amide bonds. The Morgan fingerprint density at radius 3 is 2.62 bits per heavy atom. The van der Waals surface area contributed by atoms with Crippen LogP contribution in [-0.4, -0.2) is 23.6 Å². The average molecular weight is 369 g/mol. The number of thioether (sulfide) groups is 1. The first-order chi connectivity index (χ1) is 11.6. The van der Waals surface area contributed by atoms with Crippen molar-refractivity contribution in [3.63, 3.8) is 0 Å². The zero-order valence-corrected chi connectivity index (χ0v) is 16.4. The van der Waals surface area contributed by atoms with Crippen LogP contribution < -0.4 is 0 Å². The van der Waals surface area contributed by atoms with Crippen LogP contribution in [0.2, 0.25) is 5.02 Å². The minimum Gasteiger partial charge on any atom is -0.465 e. The number of carbonyl (C=O) groups is 1. The second-order valence-corrected chi connectivity index (χ2v) is 8.85. The van der Waals surface area contributed by atoms with E-state index in [0.717, 1.165) is 16.3 Å². The first-order valence-corrected chi connectivity index (χ1v) is 10.5. The first-order valence-electron chi connectivity index (χ1n) is 9.08. The van der Waals surface area contributed by atoms with E-state index in [0.29, 0.717) is 24.2 Å². The molecular formula is C20H29ClO2S. The van der Waals surface area contributed by atoms with Gasteiger partial charge in [0.25, 0.3) is 0 Å². The molecule has 4 heteroatoms. The fourth-order valence-electron chi connectivity index (χ4n) is 2.99. The van der Waals surface area contributed by atoms with E-state index in [1.165, 1.54) is 32.1 Å². The van der Waals surface area contributed by atoms with E-state index < -0.39 is 0 Å². The Hall–Kier alpha value is -0.670. The molecule has 0 bridgehead atoms. The molecule has 0 aromatic heterocycles. The van der Waals surface area contributed by atoms with Gasteiger partial charge in [0.1, 0.15) is 0 Å². The second-order valence-electron chi connectivity index (χ2n) is 7.11. The number of ether oxygens (including phenoxy) is 1. The number of hydrogen-bond donors (Lipinski definition) is 0. The Morgan fingerprint density at radius 2 is 1.96 bits per heavy atom. The normalized spacial score (nSPS) is 17.0. The Labute approximate surface area is 155 Å². The van der Waals surface area contributed by atoms with Gasteiger partial charge in [0, 0.05) is 16.0 Å². The van der Waals surface area contributed by atoms with Gasteiger partial charge in [-0.3, -0.25) is 4.79 Å². The smallest absolute Gasteiger partial charge is 0.310 e. The van der Waals surface area contributed by atoms with E-state index in [1.807, 2.05) is 36.0 Å². The molecule has 0 heterocycles. The maximum Gasteiger partial charge on any atom is 0.310 e. The van der Waals surface area contributed by atoms with Gasteiger partial charge in [-0.15, -0.1) is 0 Å². The zero-order valence-electron chi connectivity index (χ0n) is 14.8. The third kappa shape index (κ3) is 6.68. The molecule has 1 aromatic carbocycles. The van der Waals surface area contributed by atoms with Crippen LogP contribution in [-0.2, 0) is 16.0 Å². The monoisotopic (exact) mass is 368 g/mol. The van der Waals surface area contributed by atoms with E-state index in [2.05, 4.69) is 13.8 Å². The molecule has 0 aliphatic heterocycles. The lowest BCUT2D eigenvalue weighted by Crippen LogP contribution is -2.25. The van der Waals surface area contributed by atoms with Gasteiger partial charge in [0.2, 0.25) is 0 Å². The van der Waals surface area contributed by atoms with Crippen LogP contribution in [0.25, 0.3) is 0 Å². The molecule has 0 N–H and O–H groups in total. The summed E-state index contributed by atoms with van der Waals surface area (Å²) in [5.41, 5.74) is 1.04. The highest BCUT2D eigenvalue weighted by Crippen LogP contribution is 2.31. The topological polar surface area (TPSA) is 26.3 Å². The molecule has 1 unspecified atom stereocenters. The van der Waals surface area contributed by atoms with E-state index >= 15 is 0 Å². The molecule has 0 saturated heterocycles. The first kappa shape index (κ1) is 19.7. The lowest BCUT2D eigenvalue weighted by atomic mass is 10.0. The summed E-state index contributed by atoms with van der Waals surface area (Å²) in [7, 11) is 0. The van der Waals surface area contributed by atoms with Crippen LogP contribution in [0.4, 0.5) is 0 Å². The lowest BCUT2D eigenvalue weighted by Gasteiger charge is -2.24. The number of benzene rings is 1. The summed E-state index contributed by atoms with van der Waals surface area (Å²) in [5.74, 6) is 0.996. The van der Waals surface area contributed by atoms with Crippen molar-refractivity contribution in [3.05, 3.63) is 34.9 Å². The van der Waals surface area contributed by atoms with Crippen molar-refractivity contribution in [2.75, 3.05) is 12.4 Å². The molecule has 1 saturated carbocycles. The maximum absolute atomic E-state index is 12.6. The molecule has 2 nitrogen and oxygen atoms in total. The van der Waals surface area contributed by atoms with Gasteiger partial charge in [-0.2, -0.15) is 11.8 Å². The predicted molar refractivity (Wildman–Crippen MR) is 104 cm³/mol. The number of esters is 1. The number of hydrogen-bond acceptors (Lipinski definition) is 3. The van der Waals surface area contributed by atoms with Gasteiger partial charge >= 0.3 is 5.97 Å². The van der Waals surface area contributed by atoms with Gasteiger partial charge in [0.15, 0.2) is 0 Å². The van der Waals surface area contributed by atoms with E-state index in [-0.39, 0.29) is 11.9 Å². The molecule has 0 radical (unpaired) electrons. The summed E-state index contributed by atoms with van der Waals surface area (Å²) >= 11 is 8.24. The SMILES string of the molecule is CC(C)COC(=O)C(CSC1CCCCC1)Cc1ccccc1Cl. The van der Waals surface area contributed by atoms with Crippen LogP contribution in [0, 0.1) is 11.8 Å². The Morgan fingerprint density at radius 1 is 1.25 bits per heavy atom. The molecule has 1 aliphatic rings. The summed E-state index contributed by atoms with van der Waals surface area (Å²) in [6.07, 6.45) is 7.23. The molecule has 2 rings (SSSR count). The quantitative estimate of drug-likeness (QED) is 0.545. The molecule has 1 aromatic rings. The molecule has 134 valence electrons. The zero-order chi connectivity index (χ0) is 17.4. The van der Waals surface area contributed by atoms with Crippen LogP contribution in [0.15, 0.2) is 24.3 Å². The lowest BCUT2D eigenvalue weighted by molar-refractivity contribution is -0.148. The highest BCUT2D eigenvalue weighted by Gasteiger charge is 2.24. The summed E-state index contributed by atoms with van der Waals surface area (Å²) in [5, 5.41) is 1.44. The fraction of sp³-hybridized carbons (Fsp3) is 0.650. The largest absolute Gasteiger partial charge is 0.465 e. The Balaban J connectivity index is 1.97. The highest BCUT2D eigenvalue weighted by atomic mass is 35.5. The minimum atomic E-state index is -0.115. The number of halogens is 1. The number of rotatable bonds is 8. The standard InChI is InChI=1S/C20H29ClO2S/c1-15(2)13-23-20(22)17(12-16-8-6-7-11-19(16)21)14-24-18-9-4-3-5-10-18/h6-8,11,15,17-18H,3-5,9-10,12-14H2,1-2H3. The molecule has 1 atom stereocenters. The van der Waals surface area contributed by atoms with Gasteiger partial charge in [0.05, 0.1) is 12.5 Å². The van der Waals surface area contributed by atoms with Crippen molar-refractivity contribution in [1.29, 1.82) is 0 Å². The van der Waals surface area contributed by atoms with Crippen LogP contribution in [0.3, 0.4) is 0 Å². The van der Waals surface area contributed by atoms with Crippen molar-refractivity contribution in [1.82, 2.24) is 0 Å². The van der Waals surface area contributed by atoms with Crippen molar-refractivity contribution in [3.8, 4) is 0 Å². The second kappa shape index (κ2) is 10.4. The third-order valence-corrected chi connectivity index (χ3v) is 6.31. The highest BCUT2D eigenvalue weighted by molar-refractivity contribution is 7.99. The molecule has 24 heavy (non-hydrogen) atoms. The van der Waals surface area contributed by atoms with Crippen molar-refractivity contribution in [2.24, 2.45) is 11.8 Å². The summed E-state index contributed by atoms with van der Waals surface area (Å²) in [4.78, 5) is 12.6. The van der Waals surface area contributed by atoms with E-state index in [9.17, 15) is 4.79 Å². The van der Waals surface area contributed by atoms with Gasteiger partial charge in [-0.25, -0.2) is 0 Å². The maximum atomic E-state index is 12.6. The summed E-state index contributed by atoms with van der Waals surface area (Å²) in [6.45, 7) is 4.62.